The number of nitrogens with one attached hydrogen (secondary N) is 1. The number of halogens is 1. The molecular formula is C13H19FN2O3S2. The lowest BCUT2D eigenvalue weighted by Crippen LogP contribution is -2.39. The van der Waals surface area contributed by atoms with Crippen molar-refractivity contribution in [1.29, 1.82) is 0 Å². The zero-order chi connectivity index (χ0) is 15.3. The maximum absolute atomic E-state index is 13.7. The van der Waals surface area contributed by atoms with E-state index in [1.165, 1.54) is 6.07 Å². The van der Waals surface area contributed by atoms with Crippen LogP contribution in [0.1, 0.15) is 5.56 Å². The zero-order valence-corrected chi connectivity index (χ0v) is 13.2. The molecule has 0 bridgehead atoms. The summed E-state index contributed by atoms with van der Waals surface area (Å²) < 4.78 is 40.3. The molecular weight excluding hydrogens is 315 g/mol. The molecule has 1 heterocycles. The molecule has 0 amide bonds. The van der Waals surface area contributed by atoms with Gasteiger partial charge in [0.05, 0.1) is 6.61 Å². The van der Waals surface area contributed by atoms with Crippen molar-refractivity contribution in [3.63, 3.8) is 0 Å². The number of sulfonamides is 1. The third kappa shape index (κ3) is 4.65. The van der Waals surface area contributed by atoms with Crippen LogP contribution in [0.15, 0.2) is 23.1 Å². The second-order valence-corrected chi connectivity index (χ2v) is 7.73. The van der Waals surface area contributed by atoms with Crippen LogP contribution in [-0.4, -0.2) is 56.1 Å². The van der Waals surface area contributed by atoms with Gasteiger partial charge in [-0.05, 0) is 17.7 Å². The van der Waals surface area contributed by atoms with E-state index in [0.717, 1.165) is 36.7 Å². The number of hydrogen-bond acceptors (Lipinski definition) is 5. The molecule has 0 unspecified atom stereocenters. The van der Waals surface area contributed by atoms with E-state index in [1.54, 1.807) is 0 Å². The first-order valence-corrected chi connectivity index (χ1v) is 9.36. The zero-order valence-electron chi connectivity index (χ0n) is 11.6. The van der Waals surface area contributed by atoms with Gasteiger partial charge < -0.3 is 10.0 Å². The van der Waals surface area contributed by atoms with Gasteiger partial charge in [0.25, 0.3) is 0 Å². The molecule has 1 saturated heterocycles. The predicted octanol–water partition coefficient (Wildman–Crippen LogP) is 0.645. The number of aliphatic hydroxyl groups excluding tert-OH is 1. The minimum atomic E-state index is -3.89. The highest BCUT2D eigenvalue weighted by molar-refractivity contribution is 7.99. The topological polar surface area (TPSA) is 69.6 Å². The minimum Gasteiger partial charge on any atom is -0.392 e. The van der Waals surface area contributed by atoms with Crippen LogP contribution in [0.3, 0.4) is 0 Å². The van der Waals surface area contributed by atoms with Crippen LogP contribution < -0.4 is 4.72 Å². The molecule has 2 rings (SSSR count). The molecule has 0 saturated carbocycles. The van der Waals surface area contributed by atoms with Crippen molar-refractivity contribution >= 4 is 21.8 Å². The van der Waals surface area contributed by atoms with Gasteiger partial charge in [-0.2, -0.15) is 11.8 Å². The summed E-state index contributed by atoms with van der Waals surface area (Å²) in [7, 11) is -3.89. The van der Waals surface area contributed by atoms with Crippen molar-refractivity contribution < 1.29 is 17.9 Å². The van der Waals surface area contributed by atoms with Crippen molar-refractivity contribution in [2.75, 3.05) is 37.7 Å². The van der Waals surface area contributed by atoms with Crippen molar-refractivity contribution in [2.45, 2.75) is 11.5 Å². The van der Waals surface area contributed by atoms with Gasteiger partial charge in [0, 0.05) is 37.7 Å². The molecule has 0 radical (unpaired) electrons. The normalized spacial score (nSPS) is 17.0. The van der Waals surface area contributed by atoms with E-state index < -0.39 is 20.7 Å². The van der Waals surface area contributed by atoms with Crippen LogP contribution in [0.4, 0.5) is 4.39 Å². The average Bonchev–Trinajstić information content (AvgIpc) is 2.48. The molecule has 0 aromatic heterocycles. The predicted molar refractivity (Wildman–Crippen MR) is 81.3 cm³/mol. The average molecular weight is 334 g/mol. The molecule has 0 aliphatic carbocycles. The first kappa shape index (κ1) is 16.7. The van der Waals surface area contributed by atoms with Crippen molar-refractivity contribution in [3.05, 3.63) is 29.6 Å². The number of benzene rings is 1. The quantitative estimate of drug-likeness (QED) is 0.799. The summed E-state index contributed by atoms with van der Waals surface area (Å²) in [6, 6.07) is 3.58. The van der Waals surface area contributed by atoms with Crippen LogP contribution in [0, 0.1) is 5.82 Å². The monoisotopic (exact) mass is 334 g/mol. The Balaban J connectivity index is 1.97. The lowest BCUT2D eigenvalue weighted by Gasteiger charge is -2.26. The molecule has 8 heteroatoms. The Morgan fingerprint density at radius 3 is 2.71 bits per heavy atom. The molecule has 1 aliphatic heterocycles. The van der Waals surface area contributed by atoms with Crippen LogP contribution in [0.5, 0.6) is 0 Å². The molecule has 5 nitrogen and oxygen atoms in total. The third-order valence-corrected chi connectivity index (χ3v) is 5.71. The first-order valence-electron chi connectivity index (χ1n) is 6.72. The highest BCUT2D eigenvalue weighted by Gasteiger charge is 2.20. The summed E-state index contributed by atoms with van der Waals surface area (Å²) >= 11 is 1.89. The van der Waals surface area contributed by atoms with Crippen molar-refractivity contribution in [2.24, 2.45) is 0 Å². The number of hydrogen-bond donors (Lipinski definition) is 2. The Bertz CT molecular complexity index is 575. The van der Waals surface area contributed by atoms with Crippen LogP contribution in [0.25, 0.3) is 0 Å². The molecule has 2 N–H and O–H groups in total. The maximum Gasteiger partial charge on any atom is 0.243 e. The summed E-state index contributed by atoms with van der Waals surface area (Å²) in [5.74, 6) is 1.30. The molecule has 1 aromatic rings. The number of aliphatic hydroxyl groups is 1. The van der Waals surface area contributed by atoms with E-state index in [4.69, 9.17) is 5.11 Å². The van der Waals surface area contributed by atoms with Crippen molar-refractivity contribution in [3.8, 4) is 0 Å². The van der Waals surface area contributed by atoms with Gasteiger partial charge in [-0.15, -0.1) is 0 Å². The molecule has 0 spiro atoms. The molecule has 1 aromatic carbocycles. The molecule has 118 valence electrons. The van der Waals surface area contributed by atoms with Crippen LogP contribution in [-0.2, 0) is 16.6 Å². The largest absolute Gasteiger partial charge is 0.392 e. The summed E-state index contributed by atoms with van der Waals surface area (Å²) in [6.07, 6.45) is 0. The lowest BCUT2D eigenvalue weighted by molar-refractivity contribution is 0.281. The van der Waals surface area contributed by atoms with Gasteiger partial charge in [-0.1, -0.05) is 6.07 Å². The molecule has 0 atom stereocenters. The Morgan fingerprint density at radius 1 is 1.33 bits per heavy atom. The van der Waals surface area contributed by atoms with Gasteiger partial charge in [0.2, 0.25) is 10.0 Å². The number of nitrogens with zero attached hydrogens (tertiary/aromatic N) is 1. The van der Waals surface area contributed by atoms with E-state index in [9.17, 15) is 12.8 Å². The van der Waals surface area contributed by atoms with Gasteiger partial charge in [-0.3, -0.25) is 0 Å². The molecule has 1 aliphatic rings. The van der Waals surface area contributed by atoms with Gasteiger partial charge in [0.1, 0.15) is 10.7 Å². The standard InChI is InChI=1S/C13H19FN2O3S2/c14-12-2-1-11(10-17)9-13(12)21(18,19)15-3-4-16-5-7-20-8-6-16/h1-2,9,15,17H,3-8,10H2. The summed E-state index contributed by atoms with van der Waals surface area (Å²) in [5, 5.41) is 9.02. The summed E-state index contributed by atoms with van der Waals surface area (Å²) in [5.41, 5.74) is 0.366. The van der Waals surface area contributed by atoms with E-state index in [0.29, 0.717) is 12.1 Å². The van der Waals surface area contributed by atoms with Crippen molar-refractivity contribution in [1.82, 2.24) is 9.62 Å². The summed E-state index contributed by atoms with van der Waals surface area (Å²) in [4.78, 5) is 1.77. The fraction of sp³-hybridized carbons (Fsp3) is 0.538. The number of rotatable bonds is 6. The number of thioether (sulfide) groups is 1. The summed E-state index contributed by atoms with van der Waals surface area (Å²) in [6.45, 7) is 2.42. The minimum absolute atomic E-state index is 0.246. The lowest BCUT2D eigenvalue weighted by atomic mass is 10.2. The van der Waals surface area contributed by atoms with E-state index in [2.05, 4.69) is 9.62 Å². The molecule has 21 heavy (non-hydrogen) atoms. The Labute approximate surface area is 128 Å². The van der Waals surface area contributed by atoms with Gasteiger partial charge in [0.15, 0.2) is 0 Å². The molecule has 1 fully saturated rings. The third-order valence-electron chi connectivity index (χ3n) is 3.29. The Hall–Kier alpha value is -0.670. The van der Waals surface area contributed by atoms with E-state index in [1.807, 2.05) is 11.8 Å². The Kier molecular flexibility index (Phi) is 6.00. The highest BCUT2D eigenvalue weighted by Crippen LogP contribution is 2.16. The fourth-order valence-corrected chi connectivity index (χ4v) is 4.22. The second-order valence-electron chi connectivity index (χ2n) is 4.77. The first-order chi connectivity index (χ1) is 10.0. The highest BCUT2D eigenvalue weighted by atomic mass is 32.2. The Morgan fingerprint density at radius 2 is 2.05 bits per heavy atom. The van der Waals surface area contributed by atoms with E-state index in [-0.39, 0.29) is 13.2 Å². The smallest absolute Gasteiger partial charge is 0.243 e. The van der Waals surface area contributed by atoms with Gasteiger partial charge >= 0.3 is 0 Å². The fourth-order valence-electron chi connectivity index (χ4n) is 2.09. The maximum atomic E-state index is 13.7. The van der Waals surface area contributed by atoms with E-state index >= 15 is 0 Å². The second kappa shape index (κ2) is 7.55. The van der Waals surface area contributed by atoms with Crippen LogP contribution >= 0.6 is 11.8 Å². The van der Waals surface area contributed by atoms with Crippen LogP contribution in [0.2, 0.25) is 0 Å². The van der Waals surface area contributed by atoms with Gasteiger partial charge in [-0.25, -0.2) is 17.5 Å². The SMILES string of the molecule is O=S(=O)(NCCN1CCSCC1)c1cc(CO)ccc1F.